The second kappa shape index (κ2) is 7.59. The molecule has 3 aromatic rings. The summed E-state index contributed by atoms with van der Waals surface area (Å²) in [6.45, 7) is 0.993. The first kappa shape index (κ1) is 18.4. The lowest BCUT2D eigenvalue weighted by molar-refractivity contribution is -0.131. The van der Waals surface area contributed by atoms with Crippen LogP contribution in [0.3, 0.4) is 0 Å². The van der Waals surface area contributed by atoms with E-state index >= 15 is 0 Å². The Morgan fingerprint density at radius 1 is 1.25 bits per heavy atom. The molecule has 0 fully saturated rings. The van der Waals surface area contributed by atoms with Crippen molar-refractivity contribution < 1.29 is 18.7 Å². The van der Waals surface area contributed by atoms with E-state index in [0.29, 0.717) is 40.8 Å². The van der Waals surface area contributed by atoms with Crippen molar-refractivity contribution >= 4 is 28.6 Å². The van der Waals surface area contributed by atoms with Crippen LogP contribution in [0.1, 0.15) is 6.42 Å². The Morgan fingerprint density at radius 3 is 2.86 bits per heavy atom. The second-order valence-electron chi connectivity index (χ2n) is 6.65. The lowest BCUT2D eigenvalue weighted by atomic mass is 10.2. The smallest absolute Gasteiger partial charge is 0.419 e. The van der Waals surface area contributed by atoms with Gasteiger partial charge in [0.1, 0.15) is 6.61 Å². The number of carbonyl (C=O) groups excluding carboxylic acids is 1. The van der Waals surface area contributed by atoms with E-state index in [-0.39, 0.29) is 25.0 Å². The van der Waals surface area contributed by atoms with Crippen molar-refractivity contribution in [1.29, 1.82) is 0 Å². The topological polar surface area (TPSA) is 73.9 Å². The van der Waals surface area contributed by atoms with Gasteiger partial charge < -0.3 is 18.8 Å². The average Bonchev–Trinajstić information content (AvgIpc) is 3.00. The van der Waals surface area contributed by atoms with Gasteiger partial charge in [0.2, 0.25) is 5.91 Å². The highest BCUT2D eigenvalue weighted by Crippen LogP contribution is 2.31. The molecule has 146 valence electrons. The number of oxazole rings is 1. The van der Waals surface area contributed by atoms with Gasteiger partial charge in [0.05, 0.1) is 12.1 Å². The molecule has 0 bridgehead atoms. The van der Waals surface area contributed by atoms with Gasteiger partial charge in [0, 0.05) is 31.1 Å². The lowest BCUT2D eigenvalue weighted by Gasteiger charge is -2.29. The average molecular weight is 403 g/mol. The number of hydrogen-bond donors (Lipinski definition) is 0. The van der Waals surface area contributed by atoms with Crippen LogP contribution in [0.15, 0.2) is 51.7 Å². The van der Waals surface area contributed by atoms with Gasteiger partial charge in [0.25, 0.3) is 0 Å². The van der Waals surface area contributed by atoms with Crippen LogP contribution in [-0.4, -0.2) is 41.7 Å². The zero-order valence-electron chi connectivity index (χ0n) is 15.3. The molecule has 1 aromatic heterocycles. The molecule has 28 heavy (non-hydrogen) atoms. The highest BCUT2D eigenvalue weighted by Gasteiger charge is 2.24. The molecule has 4 rings (SSSR count). The molecule has 0 N–H and O–H groups in total. The number of amides is 1. The molecule has 0 saturated carbocycles. The molecule has 2 aromatic carbocycles. The molecule has 0 unspecified atom stereocenters. The summed E-state index contributed by atoms with van der Waals surface area (Å²) in [7, 11) is 1.71. The summed E-state index contributed by atoms with van der Waals surface area (Å²) < 4.78 is 18.2. The predicted molar refractivity (Wildman–Crippen MR) is 104 cm³/mol. The van der Waals surface area contributed by atoms with Crippen molar-refractivity contribution in [3.8, 4) is 11.5 Å². The fraction of sp³-hybridized carbons (Fsp3) is 0.300. The summed E-state index contributed by atoms with van der Waals surface area (Å²) in [5, 5.41) is 0.487. The third-order valence-electron chi connectivity index (χ3n) is 4.65. The molecular weight excluding hydrogens is 384 g/mol. The SMILES string of the molecule is CN(C[C@@H]1COc2ccccc2O1)C(=O)CCn1c(=O)oc2cc(Cl)ccc21. The first-order valence-electron chi connectivity index (χ1n) is 8.92. The normalized spacial score (nSPS) is 15.6. The molecule has 1 aliphatic heterocycles. The van der Waals surface area contributed by atoms with Gasteiger partial charge in [-0.25, -0.2) is 4.79 Å². The largest absolute Gasteiger partial charge is 0.486 e. The third-order valence-corrected chi connectivity index (χ3v) is 4.89. The van der Waals surface area contributed by atoms with Crippen LogP contribution in [0.5, 0.6) is 11.5 Å². The van der Waals surface area contributed by atoms with E-state index in [4.69, 9.17) is 25.5 Å². The van der Waals surface area contributed by atoms with Crippen LogP contribution in [0, 0.1) is 0 Å². The Kier molecular flexibility index (Phi) is 5.00. The molecule has 0 spiro atoms. The van der Waals surface area contributed by atoms with E-state index < -0.39 is 5.76 Å². The Bertz CT molecular complexity index is 1070. The molecule has 0 radical (unpaired) electrons. The monoisotopic (exact) mass is 402 g/mol. The summed E-state index contributed by atoms with van der Waals surface area (Å²) in [4.78, 5) is 26.2. The van der Waals surface area contributed by atoms with Crippen LogP contribution in [0.2, 0.25) is 5.02 Å². The van der Waals surface area contributed by atoms with Gasteiger partial charge in [-0.05, 0) is 24.3 Å². The number of carbonyl (C=O) groups is 1. The van der Waals surface area contributed by atoms with E-state index in [9.17, 15) is 9.59 Å². The van der Waals surface area contributed by atoms with Crippen LogP contribution in [0.4, 0.5) is 0 Å². The van der Waals surface area contributed by atoms with E-state index in [0.717, 1.165) is 0 Å². The third kappa shape index (κ3) is 3.71. The molecule has 1 aliphatic rings. The van der Waals surface area contributed by atoms with Crippen molar-refractivity contribution in [1.82, 2.24) is 9.47 Å². The van der Waals surface area contributed by atoms with Crippen LogP contribution < -0.4 is 15.2 Å². The number of para-hydroxylation sites is 2. The Labute approximate surface area is 166 Å². The Balaban J connectivity index is 1.37. The lowest BCUT2D eigenvalue weighted by Crippen LogP contribution is -2.42. The quantitative estimate of drug-likeness (QED) is 0.656. The van der Waals surface area contributed by atoms with Crippen LogP contribution in [0.25, 0.3) is 11.1 Å². The maximum Gasteiger partial charge on any atom is 0.419 e. The van der Waals surface area contributed by atoms with Gasteiger partial charge in [0.15, 0.2) is 23.2 Å². The zero-order chi connectivity index (χ0) is 19.7. The maximum absolute atomic E-state index is 12.5. The number of likely N-dealkylation sites (N-methyl/N-ethyl adjacent to an activating group) is 1. The number of hydrogen-bond acceptors (Lipinski definition) is 5. The number of aryl methyl sites for hydroxylation is 1. The first-order chi connectivity index (χ1) is 13.5. The standard InChI is InChI=1S/C20H19ClN2O5/c1-22(11-14-12-26-16-4-2-3-5-17(16)27-14)19(24)8-9-23-15-7-6-13(21)10-18(15)28-20(23)25/h2-7,10,14H,8-9,11-12H2,1H3/t14-/m1/s1. The molecule has 1 amide bonds. The van der Waals surface area contributed by atoms with Crippen LogP contribution >= 0.6 is 11.6 Å². The maximum atomic E-state index is 12.5. The minimum absolute atomic E-state index is 0.0994. The first-order valence-corrected chi connectivity index (χ1v) is 9.30. The fourth-order valence-electron chi connectivity index (χ4n) is 3.21. The highest BCUT2D eigenvalue weighted by atomic mass is 35.5. The second-order valence-corrected chi connectivity index (χ2v) is 7.09. The van der Waals surface area contributed by atoms with E-state index in [1.54, 1.807) is 30.1 Å². The highest BCUT2D eigenvalue weighted by molar-refractivity contribution is 6.31. The molecule has 0 aliphatic carbocycles. The minimum Gasteiger partial charge on any atom is -0.486 e. The van der Waals surface area contributed by atoms with E-state index in [1.165, 1.54) is 4.57 Å². The van der Waals surface area contributed by atoms with E-state index in [2.05, 4.69) is 0 Å². The van der Waals surface area contributed by atoms with Crippen molar-refractivity contribution in [2.75, 3.05) is 20.2 Å². The predicted octanol–water partition coefficient (Wildman–Crippen LogP) is 2.94. The molecule has 2 heterocycles. The van der Waals surface area contributed by atoms with E-state index in [1.807, 2.05) is 24.3 Å². The Morgan fingerprint density at radius 2 is 2.04 bits per heavy atom. The molecule has 1 atom stereocenters. The van der Waals surface area contributed by atoms with Crippen LogP contribution in [-0.2, 0) is 11.3 Å². The van der Waals surface area contributed by atoms with Gasteiger partial charge >= 0.3 is 5.76 Å². The van der Waals surface area contributed by atoms with Crippen molar-refractivity contribution in [3.63, 3.8) is 0 Å². The number of aromatic nitrogens is 1. The number of fused-ring (bicyclic) bond motifs is 2. The van der Waals surface area contributed by atoms with Gasteiger partial charge in [-0.1, -0.05) is 23.7 Å². The minimum atomic E-state index is -0.506. The fourth-order valence-corrected chi connectivity index (χ4v) is 3.37. The number of nitrogens with zero attached hydrogens (tertiary/aromatic N) is 2. The van der Waals surface area contributed by atoms with Crippen molar-refractivity contribution in [2.24, 2.45) is 0 Å². The van der Waals surface area contributed by atoms with Gasteiger partial charge in [-0.2, -0.15) is 0 Å². The van der Waals surface area contributed by atoms with Gasteiger partial charge in [-0.15, -0.1) is 0 Å². The summed E-state index contributed by atoms with van der Waals surface area (Å²) in [6.07, 6.45) is -0.0823. The summed E-state index contributed by atoms with van der Waals surface area (Å²) in [5.41, 5.74) is 1.02. The summed E-state index contributed by atoms with van der Waals surface area (Å²) in [5.74, 6) is 0.778. The van der Waals surface area contributed by atoms with Gasteiger partial charge in [-0.3, -0.25) is 9.36 Å². The molecule has 7 nitrogen and oxygen atoms in total. The van der Waals surface area contributed by atoms with Crippen molar-refractivity contribution in [3.05, 3.63) is 58.0 Å². The molecule has 0 saturated heterocycles. The zero-order valence-corrected chi connectivity index (χ0v) is 16.0. The molecular formula is C20H19ClN2O5. The Hall–Kier alpha value is -2.93. The molecule has 8 heteroatoms. The van der Waals surface area contributed by atoms with Crippen molar-refractivity contribution in [2.45, 2.75) is 19.1 Å². The number of benzene rings is 2. The number of halogens is 1. The summed E-state index contributed by atoms with van der Waals surface area (Å²) >= 11 is 5.92. The summed E-state index contributed by atoms with van der Waals surface area (Å²) in [6, 6.07) is 12.4. The number of ether oxygens (including phenoxy) is 2. The number of rotatable bonds is 5.